The number of nitrogens with one attached hydrogen (secondary N) is 1. The van der Waals surface area contributed by atoms with Crippen LogP contribution in [0.1, 0.15) is 60.0 Å². The Morgan fingerprint density at radius 1 is 1.14 bits per heavy atom. The molecule has 2 aliphatic rings. The molecule has 1 saturated carbocycles. The summed E-state index contributed by atoms with van der Waals surface area (Å²) in [4.78, 5) is 66.5. The monoisotopic (exact) mass is 633 g/mol. The Labute approximate surface area is 278 Å². The van der Waals surface area contributed by atoms with E-state index in [1.807, 2.05) is 0 Å². The van der Waals surface area contributed by atoms with Gasteiger partial charge in [-0.05, 0) is 42.5 Å². The Bertz CT molecular complexity index is 1720. The molecule has 1 spiro atoms. The van der Waals surface area contributed by atoms with Crippen LogP contribution in [0.4, 0.5) is 4.39 Å². The summed E-state index contributed by atoms with van der Waals surface area (Å²) in [5.74, 6) is -5.44. The largest absolute Gasteiger partial charge is 1.00 e. The first-order valence-electron chi connectivity index (χ1n) is 13.2. The van der Waals surface area contributed by atoms with Crippen molar-refractivity contribution in [3.63, 3.8) is 0 Å². The van der Waals surface area contributed by atoms with Gasteiger partial charge in [-0.1, -0.05) is 35.9 Å². The number of benzene rings is 2. The van der Waals surface area contributed by atoms with E-state index in [2.05, 4.69) is 5.32 Å². The molecule has 224 valence electrons. The van der Waals surface area contributed by atoms with Crippen molar-refractivity contribution in [3.05, 3.63) is 97.7 Å². The van der Waals surface area contributed by atoms with Gasteiger partial charge in [-0.2, -0.15) is 0 Å². The smallest absolute Gasteiger partial charge is 0.545 e. The van der Waals surface area contributed by atoms with Gasteiger partial charge in [0.1, 0.15) is 11.4 Å². The van der Waals surface area contributed by atoms with Crippen LogP contribution in [0, 0.1) is 11.7 Å². The zero-order chi connectivity index (χ0) is 31.1. The molecule has 1 aromatic heterocycles. The molecule has 1 aliphatic carbocycles. The van der Waals surface area contributed by atoms with E-state index in [1.54, 1.807) is 14.2 Å². The predicted octanol–water partition coefficient (Wildman–Crippen LogP) is -1.01. The second-order valence-electron chi connectivity index (χ2n) is 10.7. The average Bonchev–Trinajstić information content (AvgIpc) is 2.96. The second-order valence-corrected chi connectivity index (χ2v) is 11.1. The van der Waals surface area contributed by atoms with Gasteiger partial charge in [0.25, 0.3) is 11.8 Å². The molecule has 1 aliphatic heterocycles. The molecule has 0 saturated heterocycles. The van der Waals surface area contributed by atoms with Crippen molar-refractivity contribution < 1.29 is 67.7 Å². The molecule has 0 radical (unpaired) electrons. The standard InChI is InChI=1S/C30H27ClFN3O8.Na/c1-34-15-30(10-16(11-30)14-42-2)35-13-20(26(37)33-12-19-7-4-8-21(31)22(19)32)24(36)25(23(35)27(34)38)43-29(41)18-6-3-5-17(9-18)28(39)40;/h3-9,13,16H,10-12,14-15H2,1-2H3,(H,33,37)(H,39,40);/q;+1/p-1/t16-,30-;. The zero-order valence-electron chi connectivity index (χ0n) is 24.1. The van der Waals surface area contributed by atoms with Gasteiger partial charge in [-0.15, -0.1) is 0 Å². The molecule has 5 rings (SSSR count). The quantitative estimate of drug-likeness (QED) is 0.245. The van der Waals surface area contributed by atoms with Crippen molar-refractivity contribution in [2.45, 2.75) is 24.9 Å². The Kier molecular flexibility index (Phi) is 10.0. The van der Waals surface area contributed by atoms with Crippen molar-refractivity contribution in [3.8, 4) is 5.75 Å². The SMILES string of the molecule is COC[C@H]1C[C@@]2(CN(C)C(=O)c3c(OC(=O)c4cccc(C(=O)[O-])c4)c(=O)c(C(=O)NCc4cccc(Cl)c4F)cn32)C1.[Na+]. The fourth-order valence-electron chi connectivity index (χ4n) is 5.77. The summed E-state index contributed by atoms with van der Waals surface area (Å²) >= 11 is 5.84. The molecule has 14 heteroatoms. The van der Waals surface area contributed by atoms with Gasteiger partial charge in [-0.3, -0.25) is 14.4 Å². The van der Waals surface area contributed by atoms with E-state index in [4.69, 9.17) is 21.1 Å². The first-order valence-corrected chi connectivity index (χ1v) is 13.6. The second kappa shape index (κ2) is 13.2. The molecular weight excluding hydrogens is 608 g/mol. The number of pyridine rings is 1. The number of hydrogen-bond acceptors (Lipinski definition) is 8. The summed E-state index contributed by atoms with van der Waals surface area (Å²) in [7, 11) is 3.13. The third-order valence-corrected chi connectivity index (χ3v) is 8.03. The summed E-state index contributed by atoms with van der Waals surface area (Å²) < 4.78 is 26.7. The van der Waals surface area contributed by atoms with Gasteiger partial charge < -0.3 is 34.2 Å². The van der Waals surface area contributed by atoms with Crippen LogP contribution in [0.15, 0.2) is 53.5 Å². The number of likely N-dealkylation sites (N-methyl/N-ethyl adjacent to an activating group) is 1. The summed E-state index contributed by atoms with van der Waals surface area (Å²) in [5, 5.41) is 13.7. The van der Waals surface area contributed by atoms with E-state index < -0.39 is 51.9 Å². The Morgan fingerprint density at radius 2 is 1.82 bits per heavy atom. The van der Waals surface area contributed by atoms with E-state index in [0.29, 0.717) is 19.4 Å². The minimum absolute atomic E-state index is 0. The first-order chi connectivity index (χ1) is 20.5. The number of rotatable bonds is 8. The molecule has 0 bridgehead atoms. The Morgan fingerprint density at radius 3 is 2.50 bits per heavy atom. The zero-order valence-corrected chi connectivity index (χ0v) is 26.9. The van der Waals surface area contributed by atoms with E-state index in [1.165, 1.54) is 52.1 Å². The minimum atomic E-state index is -1.53. The number of methoxy groups -OCH3 is 1. The van der Waals surface area contributed by atoms with E-state index >= 15 is 0 Å². The number of aromatic nitrogens is 1. The van der Waals surface area contributed by atoms with Crippen molar-refractivity contribution >= 4 is 35.4 Å². The molecule has 44 heavy (non-hydrogen) atoms. The first kappa shape index (κ1) is 33.3. The number of carbonyl (C=O) groups excluding carboxylic acids is 4. The molecule has 2 amide bonds. The molecule has 11 nitrogen and oxygen atoms in total. The van der Waals surface area contributed by atoms with Crippen molar-refractivity contribution in [2.24, 2.45) is 5.92 Å². The molecule has 1 fully saturated rings. The number of carboxylic acid groups (broad SMARTS) is 1. The third-order valence-electron chi connectivity index (χ3n) is 7.74. The number of ether oxygens (including phenoxy) is 2. The van der Waals surface area contributed by atoms with Gasteiger partial charge in [0.2, 0.25) is 11.2 Å². The van der Waals surface area contributed by atoms with Gasteiger partial charge in [0.15, 0.2) is 5.69 Å². The summed E-state index contributed by atoms with van der Waals surface area (Å²) in [6.45, 7) is 0.419. The Hall–Kier alpha value is -3.55. The van der Waals surface area contributed by atoms with Crippen LogP contribution in [0.3, 0.4) is 0 Å². The van der Waals surface area contributed by atoms with Gasteiger partial charge in [0.05, 0.1) is 22.1 Å². The van der Waals surface area contributed by atoms with Crippen molar-refractivity contribution in [1.29, 1.82) is 0 Å². The number of nitrogens with zero attached hydrogens (tertiary/aromatic N) is 2. The Balaban J connectivity index is 0.00000442. The van der Waals surface area contributed by atoms with Crippen LogP contribution in [0.5, 0.6) is 5.75 Å². The molecular formula is C30H26ClFN3NaO8. The molecule has 0 atom stereocenters. The minimum Gasteiger partial charge on any atom is -0.545 e. The topological polar surface area (TPSA) is 147 Å². The molecule has 2 heterocycles. The van der Waals surface area contributed by atoms with Crippen LogP contribution in [-0.4, -0.2) is 60.5 Å². The number of carboxylic acids is 1. The number of amides is 2. The summed E-state index contributed by atoms with van der Waals surface area (Å²) in [5.41, 5.74) is -2.89. The van der Waals surface area contributed by atoms with E-state index in [-0.39, 0.29) is 76.0 Å². The van der Waals surface area contributed by atoms with Gasteiger partial charge >= 0.3 is 35.5 Å². The number of hydrogen-bond donors (Lipinski definition) is 1. The maximum atomic E-state index is 14.4. The van der Waals surface area contributed by atoms with E-state index in [9.17, 15) is 33.5 Å². The van der Waals surface area contributed by atoms with Crippen molar-refractivity contribution in [1.82, 2.24) is 14.8 Å². The van der Waals surface area contributed by atoms with Gasteiger partial charge in [0, 0.05) is 45.6 Å². The van der Waals surface area contributed by atoms with E-state index in [0.717, 1.165) is 6.07 Å². The van der Waals surface area contributed by atoms with Crippen LogP contribution in [0.25, 0.3) is 0 Å². The van der Waals surface area contributed by atoms with Crippen LogP contribution < -0.4 is 50.1 Å². The average molecular weight is 634 g/mol. The fourth-order valence-corrected chi connectivity index (χ4v) is 5.96. The number of esters is 1. The molecule has 3 aromatic rings. The van der Waals surface area contributed by atoms with Crippen molar-refractivity contribution in [2.75, 3.05) is 27.3 Å². The number of halogens is 2. The summed E-state index contributed by atoms with van der Waals surface area (Å²) in [6, 6.07) is 9.06. The third kappa shape index (κ3) is 6.18. The van der Waals surface area contributed by atoms with Crippen LogP contribution in [0.2, 0.25) is 5.02 Å². The van der Waals surface area contributed by atoms with Crippen LogP contribution in [-0.2, 0) is 16.8 Å². The normalized spacial score (nSPS) is 18.6. The van der Waals surface area contributed by atoms with Crippen LogP contribution >= 0.6 is 11.6 Å². The molecule has 1 N–H and O–H groups in total. The number of aromatic carboxylic acids is 1. The summed E-state index contributed by atoms with van der Waals surface area (Å²) in [6.07, 6.45) is 2.36. The number of carbonyl (C=O) groups is 4. The molecule has 2 aromatic carbocycles. The maximum absolute atomic E-state index is 14.4. The predicted molar refractivity (Wildman–Crippen MR) is 149 cm³/mol. The number of fused-ring (bicyclic) bond motifs is 2. The maximum Gasteiger partial charge on any atom is 1.00 e. The molecule has 0 unspecified atom stereocenters. The van der Waals surface area contributed by atoms with Gasteiger partial charge in [-0.25, -0.2) is 9.18 Å². The fraction of sp³-hybridized carbons (Fsp3) is 0.300.